The molecule has 6 heteroatoms. The van der Waals surface area contributed by atoms with Crippen molar-refractivity contribution in [2.45, 2.75) is 32.3 Å². The molecule has 0 unspecified atom stereocenters. The van der Waals surface area contributed by atoms with Crippen LogP contribution in [0.2, 0.25) is 0 Å². The molecule has 0 aromatic carbocycles. The van der Waals surface area contributed by atoms with Gasteiger partial charge < -0.3 is 14.0 Å². The van der Waals surface area contributed by atoms with Crippen LogP contribution in [0.4, 0.5) is 0 Å². The predicted octanol–water partition coefficient (Wildman–Crippen LogP) is 1.97. The summed E-state index contributed by atoms with van der Waals surface area (Å²) in [7, 11) is 0. The third kappa shape index (κ3) is 3.70. The van der Waals surface area contributed by atoms with Crippen LogP contribution in [0, 0.1) is 6.92 Å². The number of carbonyl (C=O) groups excluding carboxylic acids is 1. The molecule has 2 fully saturated rings. The monoisotopic (exact) mass is 342 g/mol. The molecule has 4 rings (SSSR count). The number of hydrogen-bond acceptors (Lipinski definition) is 4. The lowest BCUT2D eigenvalue weighted by molar-refractivity contribution is 0.0701. The first-order chi connectivity index (χ1) is 12.2. The maximum Gasteiger partial charge on any atom is 0.274 e. The maximum absolute atomic E-state index is 12.9. The van der Waals surface area contributed by atoms with E-state index in [4.69, 9.17) is 4.74 Å². The topological polar surface area (TPSA) is 50.1 Å². The molecule has 25 heavy (non-hydrogen) atoms. The Morgan fingerprint density at radius 1 is 1.28 bits per heavy atom. The average molecular weight is 342 g/mol. The molecule has 0 bridgehead atoms. The summed E-state index contributed by atoms with van der Waals surface area (Å²) in [6.07, 6.45) is 7.53. The standard InChI is InChI=1S/C19H26N4O2/c1-15-5-8-23-14-17(20-18(23)12-15)19(24)22-7-3-6-21(9-10-22)13-16-4-2-11-25-16/h5,8,12,14,16H,2-4,6-7,9-11,13H2,1H3/t16-/m0/s1. The quantitative estimate of drug-likeness (QED) is 0.856. The fourth-order valence-corrected chi connectivity index (χ4v) is 3.78. The highest BCUT2D eigenvalue weighted by Crippen LogP contribution is 2.16. The van der Waals surface area contributed by atoms with Gasteiger partial charge in [-0.3, -0.25) is 9.69 Å². The highest BCUT2D eigenvalue weighted by Gasteiger charge is 2.24. The molecule has 0 radical (unpaired) electrons. The fourth-order valence-electron chi connectivity index (χ4n) is 3.78. The molecule has 2 saturated heterocycles. The van der Waals surface area contributed by atoms with Crippen molar-refractivity contribution in [2.75, 3.05) is 39.3 Å². The molecule has 134 valence electrons. The minimum atomic E-state index is 0.0420. The van der Waals surface area contributed by atoms with E-state index in [1.165, 1.54) is 12.8 Å². The number of hydrogen-bond donors (Lipinski definition) is 0. The zero-order valence-corrected chi connectivity index (χ0v) is 14.9. The molecule has 1 atom stereocenters. The second-order valence-electron chi connectivity index (χ2n) is 7.18. The van der Waals surface area contributed by atoms with Crippen molar-refractivity contribution >= 4 is 11.6 Å². The van der Waals surface area contributed by atoms with Crippen LogP contribution in [-0.4, -0.2) is 70.5 Å². The average Bonchev–Trinajstić information content (AvgIpc) is 3.19. The SMILES string of the molecule is Cc1ccn2cc(C(=O)N3CCCN(C[C@@H]4CCCO4)CC3)nc2c1. The van der Waals surface area contributed by atoms with Gasteiger partial charge >= 0.3 is 0 Å². The molecule has 0 aliphatic carbocycles. The molecular weight excluding hydrogens is 316 g/mol. The van der Waals surface area contributed by atoms with Crippen molar-refractivity contribution in [3.05, 3.63) is 35.8 Å². The molecule has 2 aliphatic rings. The van der Waals surface area contributed by atoms with E-state index in [0.717, 1.165) is 57.0 Å². The first-order valence-corrected chi connectivity index (χ1v) is 9.27. The number of ether oxygens (including phenoxy) is 1. The number of pyridine rings is 1. The van der Waals surface area contributed by atoms with Crippen LogP contribution in [0.5, 0.6) is 0 Å². The Bertz CT molecular complexity index is 751. The summed E-state index contributed by atoms with van der Waals surface area (Å²) in [6, 6.07) is 4.03. The Hall–Kier alpha value is -1.92. The van der Waals surface area contributed by atoms with Gasteiger partial charge in [-0.05, 0) is 50.4 Å². The summed E-state index contributed by atoms with van der Waals surface area (Å²) in [5.41, 5.74) is 2.52. The predicted molar refractivity (Wildman–Crippen MR) is 95.9 cm³/mol. The van der Waals surface area contributed by atoms with Gasteiger partial charge in [0, 0.05) is 45.2 Å². The second kappa shape index (κ2) is 7.14. The summed E-state index contributed by atoms with van der Waals surface area (Å²) in [5.74, 6) is 0.0420. The first kappa shape index (κ1) is 16.5. The molecular formula is C19H26N4O2. The van der Waals surface area contributed by atoms with Crippen molar-refractivity contribution < 1.29 is 9.53 Å². The minimum absolute atomic E-state index is 0.0420. The number of imidazole rings is 1. The highest BCUT2D eigenvalue weighted by molar-refractivity contribution is 5.93. The van der Waals surface area contributed by atoms with Gasteiger partial charge in [0.05, 0.1) is 6.10 Å². The number of aromatic nitrogens is 2. The van der Waals surface area contributed by atoms with Gasteiger partial charge in [0.25, 0.3) is 5.91 Å². The Morgan fingerprint density at radius 3 is 3.04 bits per heavy atom. The first-order valence-electron chi connectivity index (χ1n) is 9.27. The summed E-state index contributed by atoms with van der Waals surface area (Å²) in [4.78, 5) is 21.8. The molecule has 0 N–H and O–H groups in total. The Balaban J connectivity index is 1.41. The number of amides is 1. The number of carbonyl (C=O) groups is 1. The lowest BCUT2D eigenvalue weighted by Gasteiger charge is -2.23. The summed E-state index contributed by atoms with van der Waals surface area (Å²) >= 11 is 0. The van der Waals surface area contributed by atoms with Gasteiger partial charge in [0.1, 0.15) is 11.3 Å². The lowest BCUT2D eigenvalue weighted by atomic mass is 10.2. The van der Waals surface area contributed by atoms with E-state index in [1.54, 1.807) is 0 Å². The van der Waals surface area contributed by atoms with E-state index in [9.17, 15) is 4.79 Å². The number of fused-ring (bicyclic) bond motifs is 1. The molecule has 4 heterocycles. The van der Waals surface area contributed by atoms with Gasteiger partial charge in [-0.1, -0.05) is 0 Å². The van der Waals surface area contributed by atoms with Crippen LogP contribution < -0.4 is 0 Å². The number of nitrogens with zero attached hydrogens (tertiary/aromatic N) is 4. The zero-order chi connectivity index (χ0) is 17.2. The van der Waals surface area contributed by atoms with E-state index in [1.807, 2.05) is 40.8 Å². The Kier molecular flexibility index (Phi) is 4.72. The molecule has 2 aromatic rings. The van der Waals surface area contributed by atoms with Gasteiger partial charge in [0.2, 0.25) is 0 Å². The normalized spacial score (nSPS) is 22.4. The molecule has 0 saturated carbocycles. The molecule has 2 aliphatic heterocycles. The summed E-state index contributed by atoms with van der Waals surface area (Å²) < 4.78 is 7.67. The summed E-state index contributed by atoms with van der Waals surface area (Å²) in [5, 5.41) is 0. The van der Waals surface area contributed by atoms with Gasteiger partial charge in [0.15, 0.2) is 0 Å². The van der Waals surface area contributed by atoms with Crippen molar-refractivity contribution in [3.8, 4) is 0 Å². The molecule has 1 amide bonds. The maximum atomic E-state index is 12.9. The van der Waals surface area contributed by atoms with Crippen LogP contribution in [0.3, 0.4) is 0 Å². The number of aryl methyl sites for hydroxylation is 1. The second-order valence-corrected chi connectivity index (χ2v) is 7.18. The van der Waals surface area contributed by atoms with E-state index in [0.29, 0.717) is 11.8 Å². The third-order valence-electron chi connectivity index (χ3n) is 5.20. The minimum Gasteiger partial charge on any atom is -0.377 e. The zero-order valence-electron chi connectivity index (χ0n) is 14.9. The van der Waals surface area contributed by atoms with Crippen LogP contribution in [0.15, 0.2) is 24.5 Å². The van der Waals surface area contributed by atoms with Crippen molar-refractivity contribution in [3.63, 3.8) is 0 Å². The van der Waals surface area contributed by atoms with E-state index in [2.05, 4.69) is 9.88 Å². The van der Waals surface area contributed by atoms with E-state index in [-0.39, 0.29) is 5.91 Å². The number of rotatable bonds is 3. The lowest BCUT2D eigenvalue weighted by Crippen LogP contribution is -2.37. The summed E-state index contributed by atoms with van der Waals surface area (Å²) in [6.45, 7) is 7.44. The molecule has 2 aromatic heterocycles. The van der Waals surface area contributed by atoms with E-state index < -0.39 is 0 Å². The van der Waals surface area contributed by atoms with Gasteiger partial charge in [-0.2, -0.15) is 0 Å². The van der Waals surface area contributed by atoms with Crippen molar-refractivity contribution in [2.24, 2.45) is 0 Å². The van der Waals surface area contributed by atoms with Gasteiger partial charge in [-0.15, -0.1) is 0 Å². The Morgan fingerprint density at radius 2 is 2.20 bits per heavy atom. The van der Waals surface area contributed by atoms with Gasteiger partial charge in [-0.25, -0.2) is 4.98 Å². The van der Waals surface area contributed by atoms with Crippen LogP contribution in [0.25, 0.3) is 5.65 Å². The van der Waals surface area contributed by atoms with Crippen LogP contribution in [-0.2, 0) is 4.74 Å². The Labute approximate surface area is 148 Å². The van der Waals surface area contributed by atoms with Crippen LogP contribution >= 0.6 is 0 Å². The molecule has 0 spiro atoms. The van der Waals surface area contributed by atoms with E-state index >= 15 is 0 Å². The highest BCUT2D eigenvalue weighted by atomic mass is 16.5. The molecule has 6 nitrogen and oxygen atoms in total. The third-order valence-corrected chi connectivity index (χ3v) is 5.20. The largest absolute Gasteiger partial charge is 0.377 e. The van der Waals surface area contributed by atoms with Crippen molar-refractivity contribution in [1.82, 2.24) is 19.2 Å². The smallest absolute Gasteiger partial charge is 0.274 e. The van der Waals surface area contributed by atoms with Crippen LogP contribution in [0.1, 0.15) is 35.3 Å². The fraction of sp³-hybridized carbons (Fsp3) is 0.579. The van der Waals surface area contributed by atoms with Crippen molar-refractivity contribution in [1.29, 1.82) is 0 Å².